The maximum atomic E-state index is 12.3. The van der Waals surface area contributed by atoms with Crippen molar-refractivity contribution in [2.75, 3.05) is 5.32 Å². The van der Waals surface area contributed by atoms with E-state index in [1.54, 1.807) is 24.3 Å². The first-order valence-corrected chi connectivity index (χ1v) is 7.94. The molecule has 0 aliphatic rings. The molecule has 2 aromatic rings. The molecule has 2 aromatic carbocycles. The van der Waals surface area contributed by atoms with Gasteiger partial charge in [-0.1, -0.05) is 37.3 Å². The summed E-state index contributed by atoms with van der Waals surface area (Å²) in [4.78, 5) is 23.3. The fourth-order valence-corrected chi connectivity index (χ4v) is 2.21. The van der Waals surface area contributed by atoms with Crippen LogP contribution >= 0.6 is 0 Å². The molecule has 1 atom stereocenters. The Labute approximate surface area is 142 Å². The van der Waals surface area contributed by atoms with E-state index >= 15 is 0 Å². The van der Waals surface area contributed by atoms with Crippen LogP contribution in [0.3, 0.4) is 0 Å². The van der Waals surface area contributed by atoms with Crippen molar-refractivity contribution in [3.63, 3.8) is 0 Å². The second-order valence-corrected chi connectivity index (χ2v) is 5.42. The van der Waals surface area contributed by atoms with E-state index < -0.39 is 6.10 Å². The molecule has 0 radical (unpaired) electrons. The van der Waals surface area contributed by atoms with Gasteiger partial charge in [-0.2, -0.15) is 0 Å². The third kappa shape index (κ3) is 5.43. The molecule has 2 amide bonds. The summed E-state index contributed by atoms with van der Waals surface area (Å²) in [6.45, 7) is 3.83. The second kappa shape index (κ2) is 8.72. The lowest BCUT2D eigenvalue weighted by molar-refractivity contribution is -0.128. The smallest absolute Gasteiger partial charge is 0.261 e. The summed E-state index contributed by atoms with van der Waals surface area (Å²) in [5, 5.41) is 5.57. The first-order chi connectivity index (χ1) is 11.6. The van der Waals surface area contributed by atoms with Crippen molar-refractivity contribution in [2.45, 2.75) is 32.9 Å². The van der Waals surface area contributed by atoms with Gasteiger partial charge in [-0.15, -0.1) is 0 Å². The Bertz CT molecular complexity index is 669. The maximum absolute atomic E-state index is 12.3. The number of carbonyl (C=O) groups is 2. The van der Waals surface area contributed by atoms with Gasteiger partial charge in [0.2, 0.25) is 5.91 Å². The number of hydrogen-bond acceptors (Lipinski definition) is 3. The molecular weight excluding hydrogens is 304 g/mol. The van der Waals surface area contributed by atoms with Crippen LogP contribution in [0.15, 0.2) is 54.6 Å². The summed E-state index contributed by atoms with van der Waals surface area (Å²) in [7, 11) is 0. The van der Waals surface area contributed by atoms with Crippen LogP contribution in [-0.4, -0.2) is 17.9 Å². The predicted octanol–water partition coefficient (Wildman–Crippen LogP) is 3.12. The number of anilines is 1. The molecule has 2 rings (SSSR count). The van der Waals surface area contributed by atoms with Crippen LogP contribution in [0.1, 0.15) is 25.8 Å². The average molecular weight is 326 g/mol. The monoisotopic (exact) mass is 326 g/mol. The zero-order valence-electron chi connectivity index (χ0n) is 13.9. The van der Waals surface area contributed by atoms with Crippen molar-refractivity contribution in [1.29, 1.82) is 0 Å². The van der Waals surface area contributed by atoms with Gasteiger partial charge in [-0.05, 0) is 36.2 Å². The molecule has 5 nitrogen and oxygen atoms in total. The third-order valence-corrected chi connectivity index (χ3v) is 3.43. The number of ether oxygens (including phenoxy) is 1. The van der Waals surface area contributed by atoms with Gasteiger partial charge in [0.25, 0.3) is 5.91 Å². The molecule has 0 aliphatic heterocycles. The molecule has 0 spiro atoms. The highest BCUT2D eigenvalue weighted by Gasteiger charge is 2.18. The second-order valence-electron chi connectivity index (χ2n) is 5.42. The fraction of sp³-hybridized carbons (Fsp3) is 0.263. The maximum Gasteiger partial charge on any atom is 0.261 e. The average Bonchev–Trinajstić information content (AvgIpc) is 2.59. The topological polar surface area (TPSA) is 67.4 Å². The molecule has 126 valence electrons. The first-order valence-electron chi connectivity index (χ1n) is 7.94. The predicted molar refractivity (Wildman–Crippen MR) is 93.7 cm³/mol. The highest BCUT2D eigenvalue weighted by atomic mass is 16.5. The van der Waals surface area contributed by atoms with Crippen molar-refractivity contribution in [1.82, 2.24) is 5.32 Å². The number of benzene rings is 2. The number of amides is 2. The fourth-order valence-electron chi connectivity index (χ4n) is 2.21. The minimum atomic E-state index is -0.555. The van der Waals surface area contributed by atoms with E-state index in [0.29, 0.717) is 24.4 Å². The Kier molecular flexibility index (Phi) is 6.37. The van der Waals surface area contributed by atoms with Gasteiger partial charge < -0.3 is 15.4 Å². The lowest BCUT2D eigenvalue weighted by Gasteiger charge is -2.17. The zero-order valence-corrected chi connectivity index (χ0v) is 13.9. The normalized spacial score (nSPS) is 11.4. The van der Waals surface area contributed by atoms with E-state index in [-0.39, 0.29) is 11.8 Å². The Morgan fingerprint density at radius 2 is 1.71 bits per heavy atom. The molecule has 0 saturated carbocycles. The summed E-state index contributed by atoms with van der Waals surface area (Å²) in [5.41, 5.74) is 1.73. The third-order valence-electron chi connectivity index (χ3n) is 3.43. The Hall–Kier alpha value is -2.82. The highest BCUT2D eigenvalue weighted by molar-refractivity contribution is 5.88. The molecule has 24 heavy (non-hydrogen) atoms. The Balaban J connectivity index is 1.90. The number of rotatable bonds is 7. The molecule has 0 aliphatic carbocycles. The van der Waals surface area contributed by atoms with Crippen LogP contribution in [0.2, 0.25) is 0 Å². The standard InChI is InChI=1S/C19H22N2O3/c1-3-18(19(23)20-13-15-7-5-4-6-8-15)24-17-11-9-16(10-12-17)21-14(2)22/h4-12,18H,3,13H2,1-2H3,(H,20,23)(H,21,22). The number of nitrogens with one attached hydrogen (secondary N) is 2. The highest BCUT2D eigenvalue weighted by Crippen LogP contribution is 2.18. The molecule has 2 N–H and O–H groups in total. The molecule has 0 heterocycles. The van der Waals surface area contributed by atoms with Gasteiger partial charge in [-0.25, -0.2) is 0 Å². The molecular formula is C19H22N2O3. The molecule has 1 unspecified atom stereocenters. The van der Waals surface area contributed by atoms with Crippen LogP contribution in [-0.2, 0) is 16.1 Å². The first kappa shape index (κ1) is 17.5. The molecule has 5 heteroatoms. The Morgan fingerprint density at radius 1 is 1.04 bits per heavy atom. The largest absolute Gasteiger partial charge is 0.481 e. The summed E-state index contributed by atoms with van der Waals surface area (Å²) in [6, 6.07) is 16.7. The quantitative estimate of drug-likeness (QED) is 0.821. The van der Waals surface area contributed by atoms with Crippen LogP contribution in [0.4, 0.5) is 5.69 Å². The SMILES string of the molecule is CCC(Oc1ccc(NC(C)=O)cc1)C(=O)NCc1ccccc1. The van der Waals surface area contributed by atoms with E-state index in [1.165, 1.54) is 6.92 Å². The lowest BCUT2D eigenvalue weighted by atomic mass is 10.2. The minimum Gasteiger partial charge on any atom is -0.481 e. The van der Waals surface area contributed by atoms with Gasteiger partial charge >= 0.3 is 0 Å². The van der Waals surface area contributed by atoms with Crippen LogP contribution in [0.25, 0.3) is 0 Å². The molecule has 0 bridgehead atoms. The van der Waals surface area contributed by atoms with E-state index in [2.05, 4.69) is 10.6 Å². The van der Waals surface area contributed by atoms with Gasteiger partial charge in [0.05, 0.1) is 0 Å². The zero-order chi connectivity index (χ0) is 17.4. The van der Waals surface area contributed by atoms with Crippen molar-refractivity contribution >= 4 is 17.5 Å². The van der Waals surface area contributed by atoms with Gasteiger partial charge in [0.1, 0.15) is 5.75 Å². The molecule has 0 aromatic heterocycles. The van der Waals surface area contributed by atoms with Crippen molar-refractivity contribution < 1.29 is 14.3 Å². The number of carbonyl (C=O) groups excluding carboxylic acids is 2. The van der Waals surface area contributed by atoms with Crippen LogP contribution < -0.4 is 15.4 Å². The van der Waals surface area contributed by atoms with Crippen LogP contribution in [0, 0.1) is 0 Å². The van der Waals surface area contributed by atoms with Crippen molar-refractivity contribution in [2.24, 2.45) is 0 Å². The minimum absolute atomic E-state index is 0.129. The van der Waals surface area contributed by atoms with Crippen LogP contribution in [0.5, 0.6) is 5.75 Å². The van der Waals surface area contributed by atoms with E-state index in [1.807, 2.05) is 37.3 Å². The van der Waals surface area contributed by atoms with Gasteiger partial charge in [-0.3, -0.25) is 9.59 Å². The van der Waals surface area contributed by atoms with Crippen molar-refractivity contribution in [3.8, 4) is 5.75 Å². The van der Waals surface area contributed by atoms with E-state index in [0.717, 1.165) is 5.56 Å². The number of hydrogen-bond donors (Lipinski definition) is 2. The summed E-state index contributed by atoms with van der Waals surface area (Å²) in [6.07, 6.45) is 0.00831. The summed E-state index contributed by atoms with van der Waals surface area (Å²) in [5.74, 6) is 0.313. The van der Waals surface area contributed by atoms with Crippen molar-refractivity contribution in [3.05, 3.63) is 60.2 Å². The van der Waals surface area contributed by atoms with E-state index in [9.17, 15) is 9.59 Å². The van der Waals surface area contributed by atoms with Gasteiger partial charge in [0, 0.05) is 19.2 Å². The molecule has 0 fully saturated rings. The molecule has 0 saturated heterocycles. The summed E-state index contributed by atoms with van der Waals surface area (Å²) < 4.78 is 5.75. The lowest BCUT2D eigenvalue weighted by Crippen LogP contribution is -2.37. The van der Waals surface area contributed by atoms with E-state index in [4.69, 9.17) is 4.74 Å². The van der Waals surface area contributed by atoms with Gasteiger partial charge in [0.15, 0.2) is 6.10 Å². The Morgan fingerprint density at radius 3 is 2.29 bits per heavy atom. The summed E-state index contributed by atoms with van der Waals surface area (Å²) >= 11 is 0.